The Morgan fingerprint density at radius 3 is 1.77 bits per heavy atom. The molecule has 0 aliphatic carbocycles. The predicted molar refractivity (Wildman–Crippen MR) is 86.1 cm³/mol. The Hall–Kier alpha value is -1.34. The molecule has 7 heteroatoms. The number of hydrogen-bond donors (Lipinski definition) is 0. The smallest absolute Gasteiger partial charge is 0.596 e. The Morgan fingerprint density at radius 2 is 1.36 bits per heavy atom. The highest BCUT2D eigenvalue weighted by atomic mass is 79.9. The Bertz CT molecular complexity index is 653. The average Bonchev–Trinajstić information content (AvgIpc) is 2.69. The van der Waals surface area contributed by atoms with Gasteiger partial charge in [-0.25, -0.2) is 9.59 Å². The molecule has 0 aromatic heterocycles. The number of likely N-dealkylation sites (N-methyl/N-ethyl adjacent to an activating group) is 1. The maximum atomic E-state index is 12.5. The van der Waals surface area contributed by atoms with E-state index in [2.05, 4.69) is 15.9 Å². The van der Waals surface area contributed by atoms with Gasteiger partial charge in [-0.3, -0.25) is 0 Å². The zero-order chi connectivity index (χ0) is 16.6. The maximum absolute atomic E-state index is 12.5. The fourth-order valence-electron chi connectivity index (χ4n) is 3.88. The highest BCUT2D eigenvalue weighted by Gasteiger charge is 2.80. The first kappa shape index (κ1) is 15.6. The molecule has 118 valence electrons. The minimum atomic E-state index is -2.28. The van der Waals surface area contributed by atoms with Gasteiger partial charge in [0.15, 0.2) is 11.1 Å². The lowest BCUT2D eigenvalue weighted by Gasteiger charge is -2.54. The lowest BCUT2D eigenvalue weighted by atomic mass is 9.58. The molecular formula is C15H19BBrNO4. The molecule has 0 saturated carbocycles. The second-order valence-electron chi connectivity index (χ2n) is 7.23. The molecule has 22 heavy (non-hydrogen) atoms. The molecule has 2 fully saturated rings. The standard InChI is InChI=1S/C15H19BBrNO4/c1-14(2)12(19)21-16(10-6-8-11(17)9-7-10)18(14,5)15(3,4)13(20)22-16/h6-9H,1-5H3. The van der Waals surface area contributed by atoms with E-state index in [-0.39, 0.29) is 16.3 Å². The Labute approximate surface area is 138 Å². The molecule has 0 bridgehead atoms. The zero-order valence-corrected chi connectivity index (χ0v) is 14.9. The van der Waals surface area contributed by atoms with Crippen LogP contribution in [-0.4, -0.2) is 41.1 Å². The number of nitrogens with zero attached hydrogens (tertiary/aromatic N) is 1. The van der Waals surface area contributed by atoms with Crippen LogP contribution in [0.25, 0.3) is 0 Å². The third-order valence-electron chi connectivity index (χ3n) is 5.83. The van der Waals surface area contributed by atoms with Gasteiger partial charge >= 0.3 is 18.6 Å². The molecule has 1 aromatic rings. The number of carbonyl (C=O) groups is 2. The second kappa shape index (κ2) is 4.14. The Morgan fingerprint density at radius 1 is 0.955 bits per heavy atom. The number of halogens is 1. The average molecular weight is 368 g/mol. The molecule has 1 aromatic carbocycles. The van der Waals surface area contributed by atoms with E-state index in [1.54, 1.807) is 27.7 Å². The fourth-order valence-corrected chi connectivity index (χ4v) is 4.15. The van der Waals surface area contributed by atoms with Crippen molar-refractivity contribution in [2.45, 2.75) is 38.8 Å². The quantitative estimate of drug-likeness (QED) is 0.709. The van der Waals surface area contributed by atoms with E-state index >= 15 is 0 Å². The van der Waals surface area contributed by atoms with Crippen LogP contribution in [0, 0.1) is 0 Å². The zero-order valence-electron chi connectivity index (χ0n) is 13.3. The van der Waals surface area contributed by atoms with Crippen molar-refractivity contribution in [1.82, 2.24) is 0 Å². The Balaban J connectivity index is 2.32. The summed E-state index contributed by atoms with van der Waals surface area (Å²) in [6.07, 6.45) is 0. The highest BCUT2D eigenvalue weighted by Crippen LogP contribution is 2.51. The first-order chi connectivity index (χ1) is 10.0. The molecule has 0 unspecified atom stereocenters. The van der Waals surface area contributed by atoms with Crippen molar-refractivity contribution in [2.75, 3.05) is 7.05 Å². The molecule has 2 aliphatic rings. The van der Waals surface area contributed by atoms with Gasteiger partial charge in [0.05, 0.1) is 0 Å². The van der Waals surface area contributed by atoms with Gasteiger partial charge < -0.3 is 13.7 Å². The van der Waals surface area contributed by atoms with Crippen LogP contribution in [0.3, 0.4) is 0 Å². The van der Waals surface area contributed by atoms with Gasteiger partial charge in [0.1, 0.15) is 0 Å². The Kier molecular flexibility index (Phi) is 2.93. The predicted octanol–water partition coefficient (Wildman–Crippen LogP) is 1.71. The molecular weight excluding hydrogens is 349 g/mol. The van der Waals surface area contributed by atoms with Crippen molar-refractivity contribution in [1.29, 1.82) is 0 Å². The van der Waals surface area contributed by atoms with Gasteiger partial charge in [0.2, 0.25) is 0 Å². The number of benzene rings is 1. The molecule has 0 amide bonds. The minimum absolute atomic E-state index is 0.0826. The van der Waals surface area contributed by atoms with Gasteiger partial charge in [-0.15, -0.1) is 0 Å². The van der Waals surface area contributed by atoms with Gasteiger partial charge in [-0.05, 0) is 27.7 Å². The van der Waals surface area contributed by atoms with Gasteiger partial charge in [-0.2, -0.15) is 0 Å². The number of hydrogen-bond acceptors (Lipinski definition) is 4. The molecule has 0 atom stereocenters. The molecule has 3 rings (SSSR count). The van der Waals surface area contributed by atoms with Gasteiger partial charge in [-0.1, -0.05) is 45.7 Å². The van der Waals surface area contributed by atoms with Crippen LogP contribution in [0.5, 0.6) is 0 Å². The van der Waals surface area contributed by atoms with Crippen LogP contribution < -0.4 is 5.46 Å². The van der Waals surface area contributed by atoms with Crippen molar-refractivity contribution >= 4 is 40.0 Å². The molecule has 2 saturated heterocycles. The van der Waals surface area contributed by atoms with Crippen LogP contribution in [0.15, 0.2) is 28.7 Å². The van der Waals surface area contributed by atoms with Crippen molar-refractivity contribution < 1.29 is 23.3 Å². The van der Waals surface area contributed by atoms with E-state index in [9.17, 15) is 9.59 Å². The summed E-state index contributed by atoms with van der Waals surface area (Å²) in [5.41, 5.74) is -1.06. The molecule has 5 nitrogen and oxygen atoms in total. The molecule has 0 radical (unpaired) electrons. The van der Waals surface area contributed by atoms with Crippen LogP contribution in [0.1, 0.15) is 27.7 Å². The third-order valence-corrected chi connectivity index (χ3v) is 6.35. The van der Waals surface area contributed by atoms with Gasteiger partial charge in [0, 0.05) is 11.5 Å². The SMILES string of the molecule is CC1(C)C(=O)O[B-]2(c3ccc(Br)cc3)OC(=O)C(C)(C)[N+]21C. The van der Waals surface area contributed by atoms with Crippen molar-refractivity contribution in [3.05, 3.63) is 28.7 Å². The molecule has 0 spiro atoms. The maximum Gasteiger partial charge on any atom is 0.615 e. The summed E-state index contributed by atoms with van der Waals surface area (Å²) in [6, 6.07) is 7.39. The van der Waals surface area contributed by atoms with E-state index in [0.717, 1.165) is 4.47 Å². The molecule has 2 aliphatic heterocycles. The van der Waals surface area contributed by atoms with Crippen molar-refractivity contribution in [3.63, 3.8) is 0 Å². The van der Waals surface area contributed by atoms with Crippen LogP contribution in [0.4, 0.5) is 0 Å². The van der Waals surface area contributed by atoms with E-state index in [0.29, 0.717) is 5.46 Å². The lowest BCUT2D eigenvalue weighted by Crippen LogP contribution is -2.77. The van der Waals surface area contributed by atoms with Crippen molar-refractivity contribution in [2.24, 2.45) is 0 Å². The normalized spacial score (nSPS) is 35.0. The summed E-state index contributed by atoms with van der Waals surface area (Å²) >= 11 is 3.39. The van der Waals surface area contributed by atoms with Crippen molar-refractivity contribution in [3.8, 4) is 0 Å². The largest absolute Gasteiger partial charge is 0.615 e. The van der Waals surface area contributed by atoms with E-state index in [1.807, 2.05) is 31.3 Å². The van der Waals surface area contributed by atoms with Crippen LogP contribution >= 0.6 is 15.9 Å². The number of fused-ring (bicyclic) bond motifs is 1. The summed E-state index contributed by atoms with van der Waals surface area (Å²) in [4.78, 5) is 25.1. The summed E-state index contributed by atoms with van der Waals surface area (Å²) in [7, 11) is 1.87. The molecule has 2 heterocycles. The first-order valence-corrected chi connectivity index (χ1v) is 8.03. The summed E-state index contributed by atoms with van der Waals surface area (Å²) in [5.74, 6) is -0.697. The fraction of sp³-hybridized carbons (Fsp3) is 0.467. The number of rotatable bonds is 1. The number of quaternary nitrogens is 1. The molecule has 0 N–H and O–H groups in total. The third kappa shape index (κ3) is 1.44. The lowest BCUT2D eigenvalue weighted by molar-refractivity contribution is -0.885. The van der Waals surface area contributed by atoms with Crippen LogP contribution in [-0.2, 0) is 18.9 Å². The summed E-state index contributed by atoms with van der Waals surface area (Å²) in [5, 5.41) is 0. The summed E-state index contributed by atoms with van der Waals surface area (Å²) in [6.45, 7) is 4.95. The second-order valence-corrected chi connectivity index (χ2v) is 8.14. The summed E-state index contributed by atoms with van der Waals surface area (Å²) < 4.78 is 12.5. The van der Waals surface area contributed by atoms with Crippen LogP contribution in [0.2, 0.25) is 0 Å². The minimum Gasteiger partial charge on any atom is -0.596 e. The first-order valence-electron chi connectivity index (χ1n) is 7.24. The monoisotopic (exact) mass is 367 g/mol. The highest BCUT2D eigenvalue weighted by molar-refractivity contribution is 9.10. The van der Waals surface area contributed by atoms with E-state index in [4.69, 9.17) is 9.31 Å². The van der Waals surface area contributed by atoms with E-state index < -0.39 is 17.8 Å². The van der Waals surface area contributed by atoms with E-state index in [1.165, 1.54) is 0 Å². The topological polar surface area (TPSA) is 52.6 Å². The van der Waals surface area contributed by atoms with Gasteiger partial charge in [0.25, 0.3) is 0 Å². The number of carbonyl (C=O) groups excluding carboxylic acids is 2.